The Morgan fingerprint density at radius 1 is 0.784 bits per heavy atom. The lowest BCUT2D eigenvalue weighted by atomic mass is 9.82. The minimum atomic E-state index is 0.430. The second-order valence-electron chi connectivity index (χ2n) is 9.66. The fraction of sp³-hybridized carbons (Fsp3) is 0.182. The zero-order valence-corrected chi connectivity index (χ0v) is 20.8. The maximum Gasteiger partial charge on any atom is 0.302 e. The van der Waals surface area contributed by atoms with E-state index >= 15 is 0 Å². The number of phenols is 1. The smallest absolute Gasteiger partial charge is 0.302 e. The van der Waals surface area contributed by atoms with Gasteiger partial charge in [-0.2, -0.15) is 4.98 Å². The van der Waals surface area contributed by atoms with Crippen LogP contribution in [0.2, 0.25) is 0 Å². The molecule has 0 spiro atoms. The summed E-state index contributed by atoms with van der Waals surface area (Å²) >= 11 is 0. The van der Waals surface area contributed by atoms with E-state index in [1.807, 2.05) is 48.5 Å². The molecule has 0 bridgehead atoms. The van der Waals surface area contributed by atoms with Crippen LogP contribution in [0.5, 0.6) is 11.8 Å². The molecule has 0 fully saturated rings. The summed E-state index contributed by atoms with van der Waals surface area (Å²) in [6.45, 7) is 0.588. The lowest BCUT2D eigenvalue weighted by Crippen LogP contribution is -2.17. The molecule has 1 aliphatic rings. The van der Waals surface area contributed by atoms with Crippen LogP contribution in [0.15, 0.2) is 109 Å². The number of hydrogen-bond donors (Lipinski definition) is 1. The molecule has 1 heterocycles. The molecule has 37 heavy (non-hydrogen) atoms. The van der Waals surface area contributed by atoms with Gasteiger partial charge in [-0.3, -0.25) is 4.57 Å². The van der Waals surface area contributed by atoms with Gasteiger partial charge in [0.15, 0.2) is 0 Å². The first-order valence-electron chi connectivity index (χ1n) is 13.0. The van der Waals surface area contributed by atoms with Gasteiger partial charge in [0.05, 0.1) is 18.0 Å². The third-order valence-electron chi connectivity index (χ3n) is 7.27. The highest BCUT2D eigenvalue weighted by atomic mass is 16.5. The van der Waals surface area contributed by atoms with Crippen molar-refractivity contribution < 1.29 is 9.84 Å². The number of phenolic OH excluding ortho intramolecular Hbond substituents is 1. The first-order valence-corrected chi connectivity index (χ1v) is 13.0. The number of rotatable bonds is 7. The summed E-state index contributed by atoms with van der Waals surface area (Å²) in [7, 11) is 0. The summed E-state index contributed by atoms with van der Waals surface area (Å²) in [5.74, 6) is 0.954. The van der Waals surface area contributed by atoms with Crippen LogP contribution >= 0.6 is 0 Å². The summed E-state index contributed by atoms with van der Waals surface area (Å²) in [6.07, 6.45) is 3.90. The van der Waals surface area contributed by atoms with E-state index in [0.29, 0.717) is 24.3 Å². The molecular formula is C33H30N2O2. The molecular weight excluding hydrogens is 456 g/mol. The van der Waals surface area contributed by atoms with Gasteiger partial charge in [0.1, 0.15) is 11.4 Å². The number of ether oxygens (including phenoxy) is 1. The summed E-state index contributed by atoms with van der Waals surface area (Å²) in [5, 5.41) is 10.2. The van der Waals surface area contributed by atoms with E-state index in [0.717, 1.165) is 59.4 Å². The topological polar surface area (TPSA) is 47.3 Å². The second-order valence-corrected chi connectivity index (χ2v) is 9.66. The molecule has 1 atom stereocenters. The Balaban J connectivity index is 1.34. The Morgan fingerprint density at radius 2 is 1.46 bits per heavy atom. The first kappa shape index (κ1) is 23.1. The van der Waals surface area contributed by atoms with Crippen molar-refractivity contribution in [3.05, 3.63) is 120 Å². The Labute approximate surface area is 217 Å². The third kappa shape index (κ3) is 4.75. The Morgan fingerprint density at radius 3 is 2.19 bits per heavy atom. The summed E-state index contributed by atoms with van der Waals surface area (Å²) < 4.78 is 8.62. The zero-order chi connectivity index (χ0) is 25.0. The van der Waals surface area contributed by atoms with E-state index in [9.17, 15) is 5.11 Å². The summed E-state index contributed by atoms with van der Waals surface area (Å²) in [4.78, 5) is 5.07. The van der Waals surface area contributed by atoms with Crippen molar-refractivity contribution in [1.82, 2.24) is 9.55 Å². The van der Waals surface area contributed by atoms with Gasteiger partial charge in [-0.05, 0) is 60.9 Å². The number of aromatic hydroxyl groups is 1. The van der Waals surface area contributed by atoms with Crippen LogP contribution < -0.4 is 4.74 Å². The molecule has 5 aromatic rings. The Kier molecular flexibility index (Phi) is 6.47. The van der Waals surface area contributed by atoms with Gasteiger partial charge >= 0.3 is 6.01 Å². The Bertz CT molecular complexity index is 1480. The summed E-state index contributed by atoms with van der Waals surface area (Å²) in [5.41, 5.74) is 7.48. The monoisotopic (exact) mass is 486 g/mol. The van der Waals surface area contributed by atoms with E-state index in [2.05, 4.69) is 59.2 Å². The minimum absolute atomic E-state index is 0.430. The number of fused-ring (bicyclic) bond motifs is 1. The number of imidazole rings is 1. The average molecular weight is 487 g/mol. The van der Waals surface area contributed by atoms with E-state index in [-0.39, 0.29) is 0 Å². The molecule has 184 valence electrons. The van der Waals surface area contributed by atoms with Crippen molar-refractivity contribution in [3.8, 4) is 40.0 Å². The zero-order valence-electron chi connectivity index (χ0n) is 20.8. The van der Waals surface area contributed by atoms with Crippen LogP contribution in [0, 0.1) is 5.92 Å². The van der Waals surface area contributed by atoms with Gasteiger partial charge < -0.3 is 9.84 Å². The van der Waals surface area contributed by atoms with E-state index in [4.69, 9.17) is 9.72 Å². The lowest BCUT2D eigenvalue weighted by Gasteiger charge is -2.25. The molecule has 0 radical (unpaired) electrons. The molecule has 6 rings (SSSR count). The Hall–Kier alpha value is -4.31. The molecule has 1 unspecified atom stereocenters. The molecule has 4 nitrogen and oxygen atoms in total. The van der Waals surface area contributed by atoms with Crippen molar-refractivity contribution >= 4 is 0 Å². The van der Waals surface area contributed by atoms with Gasteiger partial charge in [-0.1, -0.05) is 91.0 Å². The van der Waals surface area contributed by atoms with Crippen LogP contribution in [0.4, 0.5) is 0 Å². The average Bonchev–Trinajstić information content (AvgIpc) is 3.34. The van der Waals surface area contributed by atoms with Gasteiger partial charge in [0, 0.05) is 11.1 Å². The van der Waals surface area contributed by atoms with Crippen LogP contribution in [-0.4, -0.2) is 21.3 Å². The van der Waals surface area contributed by atoms with Crippen molar-refractivity contribution in [2.45, 2.75) is 25.7 Å². The number of para-hydroxylation sites is 1. The van der Waals surface area contributed by atoms with Gasteiger partial charge in [-0.15, -0.1) is 0 Å². The van der Waals surface area contributed by atoms with Gasteiger partial charge in [-0.25, -0.2) is 0 Å². The van der Waals surface area contributed by atoms with Crippen LogP contribution in [-0.2, 0) is 12.8 Å². The molecule has 0 amide bonds. The van der Waals surface area contributed by atoms with Crippen LogP contribution in [0.1, 0.15) is 24.0 Å². The van der Waals surface area contributed by atoms with Crippen molar-refractivity contribution in [2.75, 3.05) is 6.61 Å². The first-order chi connectivity index (χ1) is 18.3. The molecule has 0 aliphatic heterocycles. The van der Waals surface area contributed by atoms with E-state index < -0.39 is 0 Å². The fourth-order valence-electron chi connectivity index (χ4n) is 5.40. The summed E-state index contributed by atoms with van der Waals surface area (Å²) in [6, 6.07) is 37.5. The molecule has 1 aromatic heterocycles. The number of benzene rings is 4. The van der Waals surface area contributed by atoms with Crippen LogP contribution in [0.25, 0.3) is 28.2 Å². The minimum Gasteiger partial charge on any atom is -0.508 e. The normalized spacial score (nSPS) is 14.8. The van der Waals surface area contributed by atoms with Crippen molar-refractivity contribution in [2.24, 2.45) is 5.92 Å². The predicted molar refractivity (Wildman–Crippen MR) is 148 cm³/mol. The van der Waals surface area contributed by atoms with Crippen LogP contribution in [0.3, 0.4) is 0 Å². The number of nitrogens with zero attached hydrogens (tertiary/aromatic N) is 2. The highest BCUT2D eigenvalue weighted by molar-refractivity contribution is 5.81. The number of aromatic nitrogens is 2. The number of hydrogen-bond acceptors (Lipinski definition) is 3. The highest BCUT2D eigenvalue weighted by Crippen LogP contribution is 2.38. The van der Waals surface area contributed by atoms with Crippen molar-refractivity contribution in [3.63, 3.8) is 0 Å². The fourth-order valence-corrected chi connectivity index (χ4v) is 5.40. The molecule has 0 saturated carbocycles. The molecule has 4 heteroatoms. The second kappa shape index (κ2) is 10.4. The third-order valence-corrected chi connectivity index (χ3v) is 7.27. The molecule has 1 aliphatic carbocycles. The quantitative estimate of drug-likeness (QED) is 0.259. The lowest BCUT2D eigenvalue weighted by molar-refractivity contribution is 0.247. The maximum atomic E-state index is 10.2. The maximum absolute atomic E-state index is 10.2. The standard InChI is InChI=1S/C33H30N2O2/c36-30-18-10-15-27-23-24(19-20-29(27)30)21-22-37-33-34-31(25-11-4-1-5-12-25)32(26-13-6-2-7-14-26)35(33)28-16-8-3-9-17-28/h1-18,24,36H,19-23H2. The van der Waals surface area contributed by atoms with Gasteiger partial charge in [0.25, 0.3) is 0 Å². The van der Waals surface area contributed by atoms with Crippen molar-refractivity contribution in [1.29, 1.82) is 0 Å². The highest BCUT2D eigenvalue weighted by Gasteiger charge is 2.24. The molecule has 1 N–H and O–H groups in total. The SMILES string of the molecule is Oc1cccc2c1CCC(CCOc1nc(-c3ccccc3)c(-c3ccccc3)n1-c1ccccc1)C2. The van der Waals surface area contributed by atoms with E-state index in [1.54, 1.807) is 6.07 Å². The molecule has 0 saturated heterocycles. The predicted octanol–water partition coefficient (Wildman–Crippen LogP) is 7.49. The largest absolute Gasteiger partial charge is 0.508 e. The molecule has 4 aromatic carbocycles. The van der Waals surface area contributed by atoms with E-state index in [1.165, 1.54) is 5.56 Å². The van der Waals surface area contributed by atoms with Gasteiger partial charge in [0.2, 0.25) is 0 Å².